The zero-order chi connectivity index (χ0) is 19.3. The Morgan fingerprint density at radius 3 is 2.46 bits per heavy atom. The van der Waals surface area contributed by atoms with E-state index in [-0.39, 0.29) is 12.6 Å². The van der Waals surface area contributed by atoms with Crippen molar-refractivity contribution in [2.24, 2.45) is 5.73 Å². The van der Waals surface area contributed by atoms with E-state index in [1.807, 2.05) is 0 Å². The van der Waals surface area contributed by atoms with Gasteiger partial charge >= 0.3 is 6.18 Å². The topological polar surface area (TPSA) is 70.2 Å². The van der Waals surface area contributed by atoms with Crippen LogP contribution in [0.2, 0.25) is 5.02 Å². The van der Waals surface area contributed by atoms with E-state index in [0.29, 0.717) is 16.7 Å². The fourth-order valence-corrected chi connectivity index (χ4v) is 3.22. The number of nitrogens with two attached hydrogens (primary N) is 1. The molecule has 0 bridgehead atoms. The molecule has 0 atom stereocenters. The minimum Gasteiger partial charge on any atom is -0.395 e. The van der Waals surface area contributed by atoms with Crippen LogP contribution in [0.1, 0.15) is 37.7 Å². The Morgan fingerprint density at radius 2 is 1.88 bits per heavy atom. The first-order valence-corrected chi connectivity index (χ1v) is 8.75. The van der Waals surface area contributed by atoms with Crippen LogP contribution < -0.4 is 5.73 Å². The van der Waals surface area contributed by atoms with Crippen molar-refractivity contribution in [2.45, 2.75) is 50.9 Å². The number of hydrogen-bond donors (Lipinski definition) is 2. The number of nitrogens with one attached hydrogen (secondary N) is 1. The summed E-state index contributed by atoms with van der Waals surface area (Å²) in [6.07, 6.45) is 0.0400. The Hall–Kier alpha value is -2.02. The van der Waals surface area contributed by atoms with Crippen LogP contribution in [-0.2, 0) is 11.3 Å². The summed E-state index contributed by atoms with van der Waals surface area (Å²) in [7, 11) is 0. The van der Waals surface area contributed by atoms with Crippen molar-refractivity contribution in [1.29, 1.82) is 5.41 Å². The molecule has 142 valence electrons. The summed E-state index contributed by atoms with van der Waals surface area (Å²) >= 11 is 6.16. The number of hydrogen-bond acceptors (Lipinski definition) is 3. The number of carbonyl (C=O) groups is 1. The normalized spacial score (nSPS) is 16.4. The average Bonchev–Trinajstić information content (AvgIpc) is 2.60. The molecule has 0 spiro atoms. The maximum atomic E-state index is 12.7. The third-order valence-corrected chi connectivity index (χ3v) is 4.80. The van der Waals surface area contributed by atoms with E-state index in [0.717, 1.165) is 32.1 Å². The number of benzene rings is 1. The fourth-order valence-electron chi connectivity index (χ4n) is 3.02. The van der Waals surface area contributed by atoms with Crippen molar-refractivity contribution in [3.63, 3.8) is 0 Å². The minimum absolute atomic E-state index is 0.131. The summed E-state index contributed by atoms with van der Waals surface area (Å²) in [5.41, 5.74) is 3.40. The molecule has 1 aromatic carbocycles. The maximum Gasteiger partial charge on any atom is 0.430 e. The molecule has 26 heavy (non-hydrogen) atoms. The van der Waals surface area contributed by atoms with E-state index in [1.54, 1.807) is 24.3 Å². The number of halogens is 4. The molecule has 1 aliphatic carbocycles. The lowest BCUT2D eigenvalue weighted by molar-refractivity contribution is -0.127. The highest BCUT2D eigenvalue weighted by Gasteiger charge is 2.33. The molecule has 8 heteroatoms. The average molecular weight is 388 g/mol. The summed E-state index contributed by atoms with van der Waals surface area (Å²) in [4.78, 5) is 14.2. The van der Waals surface area contributed by atoms with Crippen LogP contribution >= 0.6 is 11.6 Å². The Balaban J connectivity index is 2.26. The van der Waals surface area contributed by atoms with Crippen molar-refractivity contribution in [3.8, 4) is 0 Å². The van der Waals surface area contributed by atoms with Gasteiger partial charge in [0.1, 0.15) is 11.4 Å². The molecule has 2 rings (SSSR count). The van der Waals surface area contributed by atoms with Crippen LogP contribution in [0.4, 0.5) is 13.2 Å². The molecule has 0 heterocycles. The van der Waals surface area contributed by atoms with Crippen LogP contribution in [-0.4, -0.2) is 28.7 Å². The van der Waals surface area contributed by atoms with Crippen LogP contribution in [0.15, 0.2) is 36.0 Å². The second-order valence-electron chi connectivity index (χ2n) is 6.33. The van der Waals surface area contributed by atoms with E-state index < -0.39 is 23.5 Å². The fraction of sp³-hybridized carbons (Fsp3) is 0.444. The first kappa shape index (κ1) is 20.3. The Kier molecular flexibility index (Phi) is 6.69. The highest BCUT2D eigenvalue weighted by atomic mass is 35.5. The number of amides is 1. The van der Waals surface area contributed by atoms with Crippen LogP contribution in [0.5, 0.6) is 0 Å². The molecule has 0 aromatic heterocycles. The summed E-state index contributed by atoms with van der Waals surface area (Å²) in [6.45, 7) is 0.144. The monoisotopic (exact) mass is 387 g/mol. The van der Waals surface area contributed by atoms with E-state index in [1.165, 1.54) is 4.90 Å². The zero-order valence-corrected chi connectivity index (χ0v) is 14.9. The van der Waals surface area contributed by atoms with Gasteiger partial charge in [-0.1, -0.05) is 49.1 Å². The first-order valence-electron chi connectivity index (χ1n) is 8.37. The predicted molar refractivity (Wildman–Crippen MR) is 94.9 cm³/mol. The van der Waals surface area contributed by atoms with Gasteiger partial charge in [0, 0.05) is 17.6 Å². The van der Waals surface area contributed by atoms with Gasteiger partial charge in [-0.25, -0.2) is 0 Å². The van der Waals surface area contributed by atoms with E-state index in [9.17, 15) is 18.0 Å². The van der Waals surface area contributed by atoms with E-state index in [4.69, 9.17) is 22.7 Å². The second-order valence-corrected chi connectivity index (χ2v) is 6.73. The molecule has 1 saturated carbocycles. The van der Waals surface area contributed by atoms with E-state index >= 15 is 0 Å². The summed E-state index contributed by atoms with van der Waals surface area (Å²) in [5.74, 6) is -0.774. The number of alkyl halides is 3. The van der Waals surface area contributed by atoms with Crippen molar-refractivity contribution in [1.82, 2.24) is 4.90 Å². The van der Waals surface area contributed by atoms with Crippen LogP contribution in [0.25, 0.3) is 0 Å². The molecule has 1 amide bonds. The van der Waals surface area contributed by atoms with Gasteiger partial charge in [-0.2, -0.15) is 13.2 Å². The lowest BCUT2D eigenvalue weighted by atomic mass is 9.93. The summed E-state index contributed by atoms with van der Waals surface area (Å²) in [6, 6.07) is 6.85. The summed E-state index contributed by atoms with van der Waals surface area (Å²) < 4.78 is 37.8. The van der Waals surface area contributed by atoms with Crippen molar-refractivity contribution >= 4 is 23.2 Å². The zero-order valence-electron chi connectivity index (χ0n) is 14.2. The highest BCUT2D eigenvalue weighted by Crippen LogP contribution is 2.27. The minimum atomic E-state index is -4.77. The van der Waals surface area contributed by atoms with Gasteiger partial charge in [0.15, 0.2) is 0 Å². The van der Waals surface area contributed by atoms with Crippen molar-refractivity contribution in [3.05, 3.63) is 46.6 Å². The number of allylic oxidation sites excluding steroid dienone is 1. The Morgan fingerprint density at radius 1 is 1.27 bits per heavy atom. The predicted octanol–water partition coefficient (Wildman–Crippen LogP) is 4.43. The molecule has 4 nitrogen and oxygen atoms in total. The van der Waals surface area contributed by atoms with Gasteiger partial charge in [-0.05, 0) is 30.5 Å². The number of rotatable bonds is 5. The third kappa shape index (κ3) is 5.24. The lowest BCUT2D eigenvalue weighted by Crippen LogP contribution is -2.44. The molecule has 1 aromatic rings. The van der Waals surface area contributed by atoms with Gasteiger partial charge in [-0.3, -0.25) is 10.2 Å². The highest BCUT2D eigenvalue weighted by molar-refractivity contribution is 6.42. The van der Waals surface area contributed by atoms with Gasteiger partial charge in [-0.15, -0.1) is 0 Å². The van der Waals surface area contributed by atoms with Gasteiger partial charge < -0.3 is 10.6 Å². The number of carbonyl (C=O) groups excluding carboxylic acids is 1. The maximum absolute atomic E-state index is 12.7. The summed E-state index contributed by atoms with van der Waals surface area (Å²) in [5, 5.41) is 8.26. The standard InChI is InChI=1S/C18H21ClF3N3O/c19-14-9-5-4-6-12(14)11-25(13-7-2-1-3-8-13)17(26)15(23)10-16(24)18(20,21)22/h4-6,9-10,13,23H,1-3,7-8,11,24H2. The molecule has 1 aliphatic rings. The molecular formula is C18H21ClF3N3O. The van der Waals surface area contributed by atoms with Crippen molar-refractivity contribution < 1.29 is 18.0 Å². The SMILES string of the molecule is N=C(C=C(N)C(F)(F)F)C(=O)N(Cc1ccccc1Cl)C1CCCCC1. The molecule has 1 fully saturated rings. The smallest absolute Gasteiger partial charge is 0.395 e. The molecule has 0 radical (unpaired) electrons. The largest absolute Gasteiger partial charge is 0.430 e. The molecular weight excluding hydrogens is 367 g/mol. The first-order chi connectivity index (χ1) is 12.2. The molecule has 0 aliphatic heterocycles. The third-order valence-electron chi connectivity index (χ3n) is 4.43. The van der Waals surface area contributed by atoms with Gasteiger partial charge in [0.25, 0.3) is 5.91 Å². The molecule has 3 N–H and O–H groups in total. The second kappa shape index (κ2) is 8.58. The van der Waals surface area contributed by atoms with Gasteiger partial charge in [0.05, 0.1) is 0 Å². The lowest BCUT2D eigenvalue weighted by Gasteiger charge is -2.34. The quantitative estimate of drug-likeness (QED) is 0.734. The Labute approximate surface area is 155 Å². The van der Waals surface area contributed by atoms with E-state index in [2.05, 4.69) is 0 Å². The Bertz CT molecular complexity index is 697. The molecule has 0 saturated heterocycles. The van der Waals surface area contributed by atoms with Crippen LogP contribution in [0.3, 0.4) is 0 Å². The van der Waals surface area contributed by atoms with Crippen molar-refractivity contribution in [2.75, 3.05) is 0 Å². The van der Waals surface area contributed by atoms with Gasteiger partial charge in [0.2, 0.25) is 0 Å². The number of nitrogens with zero attached hydrogens (tertiary/aromatic N) is 1. The van der Waals surface area contributed by atoms with Crippen LogP contribution in [0, 0.1) is 5.41 Å². The molecule has 0 unspecified atom stereocenters.